The van der Waals surface area contributed by atoms with Crippen LogP contribution in [0.25, 0.3) is 0 Å². The number of nitrogens with zero attached hydrogens (tertiary/aromatic N) is 2. The maximum Gasteiger partial charge on any atom is 0.138 e. The van der Waals surface area contributed by atoms with Gasteiger partial charge in [-0.2, -0.15) is 5.10 Å². The summed E-state index contributed by atoms with van der Waals surface area (Å²) in [7, 11) is 1.90. The smallest absolute Gasteiger partial charge is 0.138 e. The molecule has 0 radical (unpaired) electrons. The highest BCUT2D eigenvalue weighted by atomic mass is 16.1. The van der Waals surface area contributed by atoms with Gasteiger partial charge < -0.3 is 5.32 Å². The third-order valence-corrected chi connectivity index (χ3v) is 3.66. The number of hydrogen-bond donors (Lipinski definition) is 1. The molecular formula is C14H23N3O. The average molecular weight is 249 g/mol. The summed E-state index contributed by atoms with van der Waals surface area (Å²) in [5.74, 6) is 0.324. The van der Waals surface area contributed by atoms with Crippen molar-refractivity contribution >= 4 is 5.78 Å². The van der Waals surface area contributed by atoms with Gasteiger partial charge in [0.15, 0.2) is 0 Å². The maximum absolute atomic E-state index is 11.9. The summed E-state index contributed by atoms with van der Waals surface area (Å²) in [6, 6.07) is 2.55. The molecule has 1 aliphatic rings. The van der Waals surface area contributed by atoms with Crippen molar-refractivity contribution < 1.29 is 4.79 Å². The number of aryl methyl sites for hydroxylation is 2. The monoisotopic (exact) mass is 249 g/mol. The highest BCUT2D eigenvalue weighted by Crippen LogP contribution is 2.13. The van der Waals surface area contributed by atoms with Gasteiger partial charge in [-0.3, -0.25) is 9.48 Å². The van der Waals surface area contributed by atoms with Crippen LogP contribution in [0.5, 0.6) is 0 Å². The van der Waals surface area contributed by atoms with E-state index in [2.05, 4.69) is 10.4 Å². The summed E-state index contributed by atoms with van der Waals surface area (Å²) < 4.78 is 1.81. The van der Waals surface area contributed by atoms with Gasteiger partial charge >= 0.3 is 0 Å². The van der Waals surface area contributed by atoms with E-state index in [1.807, 2.05) is 24.7 Å². The SMILES string of the molecule is Cc1cc(CC(=O)CCC2CCCCN2)n(C)n1. The summed E-state index contributed by atoms with van der Waals surface area (Å²) in [4.78, 5) is 11.9. The fourth-order valence-corrected chi connectivity index (χ4v) is 2.63. The minimum atomic E-state index is 0.324. The third-order valence-electron chi connectivity index (χ3n) is 3.66. The van der Waals surface area contributed by atoms with Gasteiger partial charge in [0.1, 0.15) is 5.78 Å². The number of nitrogens with one attached hydrogen (secondary N) is 1. The second-order valence-corrected chi connectivity index (χ2v) is 5.30. The molecule has 1 N–H and O–H groups in total. The summed E-state index contributed by atoms with van der Waals surface area (Å²) in [6.07, 6.45) is 5.98. The van der Waals surface area contributed by atoms with Crippen molar-refractivity contribution in [2.24, 2.45) is 7.05 Å². The van der Waals surface area contributed by atoms with Crippen LogP contribution < -0.4 is 5.32 Å². The van der Waals surface area contributed by atoms with Gasteiger partial charge in [-0.05, 0) is 38.8 Å². The number of aromatic nitrogens is 2. The molecule has 0 bridgehead atoms. The molecule has 4 nitrogen and oxygen atoms in total. The molecule has 100 valence electrons. The first-order valence-electron chi connectivity index (χ1n) is 6.90. The van der Waals surface area contributed by atoms with E-state index in [1.54, 1.807) is 0 Å². The lowest BCUT2D eigenvalue weighted by Crippen LogP contribution is -2.34. The Morgan fingerprint density at radius 3 is 3.00 bits per heavy atom. The highest BCUT2D eigenvalue weighted by Gasteiger charge is 2.15. The van der Waals surface area contributed by atoms with Crippen molar-refractivity contribution in [1.82, 2.24) is 15.1 Å². The zero-order valence-corrected chi connectivity index (χ0v) is 11.4. The van der Waals surface area contributed by atoms with E-state index in [1.165, 1.54) is 19.3 Å². The lowest BCUT2D eigenvalue weighted by molar-refractivity contribution is -0.118. The van der Waals surface area contributed by atoms with Crippen LogP contribution in [0.1, 0.15) is 43.5 Å². The standard InChI is InChI=1S/C14H23N3O/c1-11-9-13(17(2)16-11)10-14(18)7-6-12-5-3-4-8-15-12/h9,12,15H,3-8,10H2,1-2H3. The molecule has 0 aliphatic carbocycles. The Morgan fingerprint density at radius 1 is 1.56 bits per heavy atom. The lowest BCUT2D eigenvalue weighted by atomic mass is 9.98. The van der Waals surface area contributed by atoms with Crippen LogP contribution in [0.15, 0.2) is 6.07 Å². The van der Waals surface area contributed by atoms with Gasteiger partial charge in [-0.1, -0.05) is 6.42 Å². The normalized spacial score (nSPS) is 20.0. The predicted molar refractivity (Wildman–Crippen MR) is 71.5 cm³/mol. The number of piperidine rings is 1. The number of hydrogen-bond acceptors (Lipinski definition) is 3. The zero-order valence-electron chi connectivity index (χ0n) is 11.4. The van der Waals surface area contributed by atoms with Crippen LogP contribution in [0.4, 0.5) is 0 Å². The molecule has 2 rings (SSSR count). The first-order chi connectivity index (χ1) is 8.65. The number of ketones is 1. The number of rotatable bonds is 5. The highest BCUT2D eigenvalue weighted by molar-refractivity contribution is 5.80. The molecule has 0 spiro atoms. The molecule has 4 heteroatoms. The molecule has 2 heterocycles. The molecule has 0 amide bonds. The maximum atomic E-state index is 11.9. The molecule has 18 heavy (non-hydrogen) atoms. The number of Topliss-reactive ketones (excluding diaryl/α,β-unsaturated/α-hetero) is 1. The van der Waals surface area contributed by atoms with Crippen LogP contribution >= 0.6 is 0 Å². The Labute approximate surface area is 109 Å². The largest absolute Gasteiger partial charge is 0.314 e. The van der Waals surface area contributed by atoms with Crippen molar-refractivity contribution in [1.29, 1.82) is 0 Å². The zero-order chi connectivity index (χ0) is 13.0. The van der Waals surface area contributed by atoms with Gasteiger partial charge in [0.2, 0.25) is 0 Å². The Morgan fingerprint density at radius 2 is 2.39 bits per heavy atom. The lowest BCUT2D eigenvalue weighted by Gasteiger charge is -2.22. The van der Waals surface area contributed by atoms with E-state index in [-0.39, 0.29) is 0 Å². The van der Waals surface area contributed by atoms with Gasteiger partial charge in [0, 0.05) is 31.6 Å². The van der Waals surface area contributed by atoms with E-state index in [9.17, 15) is 4.79 Å². The van der Waals surface area contributed by atoms with E-state index in [0.29, 0.717) is 24.7 Å². The summed E-state index contributed by atoms with van der Waals surface area (Å²) in [5, 5.41) is 7.75. The Balaban J connectivity index is 1.76. The van der Waals surface area contributed by atoms with Crippen molar-refractivity contribution in [2.45, 2.75) is 51.5 Å². The van der Waals surface area contributed by atoms with Gasteiger partial charge in [-0.25, -0.2) is 0 Å². The second-order valence-electron chi connectivity index (χ2n) is 5.30. The van der Waals surface area contributed by atoms with E-state index in [4.69, 9.17) is 0 Å². The number of carbonyl (C=O) groups excluding carboxylic acids is 1. The van der Waals surface area contributed by atoms with Crippen molar-refractivity contribution in [3.63, 3.8) is 0 Å². The minimum absolute atomic E-state index is 0.324. The fraction of sp³-hybridized carbons (Fsp3) is 0.714. The predicted octanol–water partition coefficient (Wildman–Crippen LogP) is 1.76. The average Bonchev–Trinajstić information content (AvgIpc) is 2.67. The molecule has 1 unspecified atom stereocenters. The summed E-state index contributed by atoms with van der Waals surface area (Å²) in [6.45, 7) is 3.07. The Bertz CT molecular complexity index is 405. The first-order valence-corrected chi connectivity index (χ1v) is 6.90. The van der Waals surface area contributed by atoms with E-state index in [0.717, 1.165) is 24.4 Å². The van der Waals surface area contributed by atoms with E-state index < -0.39 is 0 Å². The molecule has 0 aromatic carbocycles. The van der Waals surface area contributed by atoms with Crippen molar-refractivity contribution in [2.75, 3.05) is 6.54 Å². The Hall–Kier alpha value is -1.16. The summed E-state index contributed by atoms with van der Waals surface area (Å²) in [5.41, 5.74) is 2.00. The van der Waals surface area contributed by atoms with Crippen LogP contribution in [-0.2, 0) is 18.3 Å². The van der Waals surface area contributed by atoms with Crippen LogP contribution in [0, 0.1) is 6.92 Å². The molecule has 1 aromatic rings. The molecule has 1 aliphatic heterocycles. The van der Waals surface area contributed by atoms with Gasteiger partial charge in [0.25, 0.3) is 0 Å². The Kier molecular flexibility index (Phi) is 4.53. The quantitative estimate of drug-likeness (QED) is 0.865. The van der Waals surface area contributed by atoms with Crippen LogP contribution in [0.2, 0.25) is 0 Å². The molecule has 1 atom stereocenters. The van der Waals surface area contributed by atoms with Gasteiger partial charge in [-0.15, -0.1) is 0 Å². The second kappa shape index (κ2) is 6.14. The topological polar surface area (TPSA) is 46.9 Å². The van der Waals surface area contributed by atoms with Crippen molar-refractivity contribution in [3.8, 4) is 0 Å². The molecule has 1 fully saturated rings. The molecule has 1 saturated heterocycles. The van der Waals surface area contributed by atoms with Crippen LogP contribution in [-0.4, -0.2) is 28.2 Å². The molecule has 0 saturated carbocycles. The first kappa shape index (κ1) is 13.3. The van der Waals surface area contributed by atoms with Crippen molar-refractivity contribution in [3.05, 3.63) is 17.5 Å². The molecule has 1 aromatic heterocycles. The summed E-state index contributed by atoms with van der Waals surface area (Å²) >= 11 is 0. The van der Waals surface area contributed by atoms with Gasteiger partial charge in [0.05, 0.1) is 5.69 Å². The van der Waals surface area contributed by atoms with E-state index >= 15 is 0 Å². The van der Waals surface area contributed by atoms with Crippen LogP contribution in [0.3, 0.4) is 0 Å². The molecular weight excluding hydrogens is 226 g/mol. The minimum Gasteiger partial charge on any atom is -0.314 e. The third kappa shape index (κ3) is 3.67. The fourth-order valence-electron chi connectivity index (χ4n) is 2.63. The number of carbonyl (C=O) groups is 1.